The maximum atomic E-state index is 14.3. The molecule has 12 heteroatoms. The van der Waals surface area contributed by atoms with Gasteiger partial charge in [0.2, 0.25) is 5.89 Å². The Balaban J connectivity index is 1.69. The van der Waals surface area contributed by atoms with Crippen LogP contribution in [0.5, 0.6) is 0 Å². The second-order valence-corrected chi connectivity index (χ2v) is 13.3. The van der Waals surface area contributed by atoms with E-state index in [4.69, 9.17) is 10.2 Å². The van der Waals surface area contributed by atoms with Crippen molar-refractivity contribution >= 4 is 23.2 Å². The molecule has 0 fully saturated rings. The molecule has 0 spiro atoms. The number of aromatic nitrogens is 2. The number of benzene rings is 2. The highest BCUT2D eigenvalue weighted by atomic mass is 32.1. The first-order valence-electron chi connectivity index (χ1n) is 15.9. The van der Waals surface area contributed by atoms with E-state index >= 15 is 0 Å². The average molecular weight is 668 g/mol. The number of oxazole rings is 1. The number of amides is 2. The molecule has 0 unspecified atom stereocenters. The monoisotopic (exact) mass is 667 g/mol. The summed E-state index contributed by atoms with van der Waals surface area (Å²) in [6, 6.07) is 7.00. The van der Waals surface area contributed by atoms with Crippen molar-refractivity contribution in [1.82, 2.24) is 19.8 Å². The summed E-state index contributed by atoms with van der Waals surface area (Å²) in [7, 11) is 0. The lowest BCUT2D eigenvalue weighted by atomic mass is 10.0. The van der Waals surface area contributed by atoms with Crippen LogP contribution in [0.1, 0.15) is 76.7 Å². The highest BCUT2D eigenvalue weighted by Crippen LogP contribution is 2.25. The molecule has 2 amide bonds. The number of halogens is 2. The van der Waals surface area contributed by atoms with Gasteiger partial charge in [-0.15, -0.1) is 11.3 Å². The number of aliphatic hydroxyl groups is 1. The molecular formula is C35H43F2N5O4S. The van der Waals surface area contributed by atoms with Gasteiger partial charge in [0, 0.05) is 65.9 Å². The van der Waals surface area contributed by atoms with Crippen molar-refractivity contribution < 1.29 is 27.9 Å². The Kier molecular flexibility index (Phi) is 12.7. The van der Waals surface area contributed by atoms with Crippen molar-refractivity contribution in [2.75, 3.05) is 19.6 Å². The standard InChI is InChI=1S/C35H43F2N5O4S/c1-5-8-41(9-6-2)34(44)25-15-24(33-39-7-10-46-33)16-26(17-25)35(45)42(20-29-19-40-32(47-29)11-22(3)4)21-31(43)30(38)14-23-12-27(36)18-28(37)13-23/h7,10,12-13,15-19,22,30-31,43H,5-6,8-9,11,14,20-21,38H2,1-4H3/t30-,31+/m0/s1. The van der Waals surface area contributed by atoms with Crippen LogP contribution >= 0.6 is 11.3 Å². The molecule has 0 bridgehead atoms. The number of aliphatic hydroxyl groups excluding tert-OH is 1. The van der Waals surface area contributed by atoms with Crippen LogP contribution in [0, 0.1) is 17.6 Å². The van der Waals surface area contributed by atoms with Crippen molar-refractivity contribution in [2.24, 2.45) is 11.7 Å². The van der Waals surface area contributed by atoms with Crippen LogP contribution in [0.3, 0.4) is 0 Å². The first kappa shape index (κ1) is 35.8. The van der Waals surface area contributed by atoms with Crippen LogP contribution in [0.15, 0.2) is 59.5 Å². The highest BCUT2D eigenvalue weighted by molar-refractivity contribution is 7.11. The van der Waals surface area contributed by atoms with Gasteiger partial charge in [0.1, 0.15) is 17.9 Å². The molecule has 252 valence electrons. The summed E-state index contributed by atoms with van der Waals surface area (Å²) < 4.78 is 33.2. The van der Waals surface area contributed by atoms with Crippen LogP contribution in [-0.2, 0) is 19.4 Å². The van der Waals surface area contributed by atoms with Crippen molar-refractivity contribution in [2.45, 2.75) is 72.1 Å². The van der Waals surface area contributed by atoms with Crippen LogP contribution in [0.25, 0.3) is 11.5 Å². The summed E-state index contributed by atoms with van der Waals surface area (Å²) >= 11 is 1.48. The number of carbonyl (C=O) groups excluding carboxylic acids is 2. The highest BCUT2D eigenvalue weighted by Gasteiger charge is 2.27. The van der Waals surface area contributed by atoms with E-state index in [1.165, 1.54) is 40.8 Å². The molecule has 3 N–H and O–H groups in total. The zero-order valence-electron chi connectivity index (χ0n) is 27.3. The van der Waals surface area contributed by atoms with Gasteiger partial charge in [-0.1, -0.05) is 27.7 Å². The molecule has 0 aliphatic carbocycles. The van der Waals surface area contributed by atoms with E-state index in [1.54, 1.807) is 29.3 Å². The minimum absolute atomic E-state index is 0.0139. The molecule has 0 saturated carbocycles. The number of nitrogens with two attached hydrogens (primary N) is 1. The first-order chi connectivity index (χ1) is 22.5. The normalized spacial score (nSPS) is 12.7. The predicted molar refractivity (Wildman–Crippen MR) is 178 cm³/mol. The molecule has 4 aromatic rings. The topological polar surface area (TPSA) is 126 Å². The SMILES string of the molecule is CCCN(CCC)C(=O)c1cc(C(=O)N(Cc2cnc(CC(C)C)s2)C[C@@H](O)[C@@H](N)Cc2cc(F)cc(F)c2)cc(-c2ncco2)c1. The Morgan fingerprint density at radius 1 is 0.936 bits per heavy atom. The van der Waals surface area contributed by atoms with Crippen LogP contribution in [-0.4, -0.2) is 68.5 Å². The van der Waals surface area contributed by atoms with E-state index < -0.39 is 29.7 Å². The predicted octanol–water partition coefficient (Wildman–Crippen LogP) is 6.11. The molecule has 47 heavy (non-hydrogen) atoms. The number of thiazole rings is 1. The minimum Gasteiger partial charge on any atom is -0.445 e. The fourth-order valence-corrected chi connectivity index (χ4v) is 6.50. The molecule has 9 nitrogen and oxygen atoms in total. The van der Waals surface area contributed by atoms with Gasteiger partial charge in [-0.05, 0) is 61.1 Å². The van der Waals surface area contributed by atoms with E-state index in [0.29, 0.717) is 35.7 Å². The Morgan fingerprint density at radius 3 is 2.15 bits per heavy atom. The Bertz CT molecular complexity index is 1600. The average Bonchev–Trinajstić information content (AvgIpc) is 3.71. The zero-order valence-corrected chi connectivity index (χ0v) is 28.1. The smallest absolute Gasteiger partial charge is 0.254 e. The van der Waals surface area contributed by atoms with Crippen LogP contribution < -0.4 is 5.73 Å². The van der Waals surface area contributed by atoms with Crippen molar-refractivity contribution in [1.29, 1.82) is 0 Å². The summed E-state index contributed by atoms with van der Waals surface area (Å²) in [5.41, 5.74) is 7.58. The van der Waals surface area contributed by atoms with E-state index in [-0.39, 0.29) is 36.9 Å². The first-order valence-corrected chi connectivity index (χ1v) is 16.7. The van der Waals surface area contributed by atoms with Crippen LogP contribution in [0.4, 0.5) is 8.78 Å². The van der Waals surface area contributed by atoms with Gasteiger partial charge in [-0.25, -0.2) is 18.7 Å². The molecule has 0 saturated heterocycles. The minimum atomic E-state index is -1.24. The second-order valence-electron chi connectivity index (χ2n) is 12.1. The third-order valence-corrected chi connectivity index (χ3v) is 8.50. The molecule has 0 radical (unpaired) electrons. The second kappa shape index (κ2) is 16.7. The number of carbonyl (C=O) groups is 2. The summed E-state index contributed by atoms with van der Waals surface area (Å²) in [5, 5.41) is 12.1. The van der Waals surface area contributed by atoms with Gasteiger partial charge in [-0.3, -0.25) is 9.59 Å². The number of nitrogens with zero attached hydrogens (tertiary/aromatic N) is 4. The van der Waals surface area contributed by atoms with E-state index in [1.807, 2.05) is 13.8 Å². The fourth-order valence-electron chi connectivity index (χ4n) is 5.35. The number of hydrogen-bond acceptors (Lipinski definition) is 8. The third-order valence-electron chi connectivity index (χ3n) is 7.49. The summed E-state index contributed by atoms with van der Waals surface area (Å²) in [6.07, 6.45) is 5.70. The third kappa shape index (κ3) is 9.99. The molecule has 2 atom stereocenters. The zero-order chi connectivity index (χ0) is 34.1. The van der Waals surface area contributed by atoms with Crippen molar-refractivity contribution in [3.63, 3.8) is 0 Å². The summed E-state index contributed by atoms with van der Waals surface area (Å²) in [6.45, 7) is 9.26. The maximum absolute atomic E-state index is 14.3. The molecule has 0 aliphatic rings. The lowest BCUT2D eigenvalue weighted by Crippen LogP contribution is -2.46. The number of hydrogen-bond donors (Lipinski definition) is 2. The quantitative estimate of drug-likeness (QED) is 0.148. The molecule has 2 heterocycles. The lowest BCUT2D eigenvalue weighted by Gasteiger charge is -2.28. The Hall–Kier alpha value is -4.00. The lowest BCUT2D eigenvalue weighted by molar-refractivity contribution is 0.0556. The van der Waals surface area contributed by atoms with E-state index in [2.05, 4.69) is 23.8 Å². The Labute approximate surface area is 278 Å². The molecule has 4 rings (SSSR count). The molecule has 2 aromatic carbocycles. The number of rotatable bonds is 16. The maximum Gasteiger partial charge on any atom is 0.254 e. The largest absolute Gasteiger partial charge is 0.445 e. The van der Waals surface area contributed by atoms with Gasteiger partial charge in [0.25, 0.3) is 11.8 Å². The summed E-state index contributed by atoms with van der Waals surface area (Å²) in [5.74, 6) is -1.50. The van der Waals surface area contributed by atoms with Crippen LogP contribution in [0.2, 0.25) is 0 Å². The molecule has 2 aromatic heterocycles. The van der Waals surface area contributed by atoms with E-state index in [9.17, 15) is 23.5 Å². The fraction of sp³-hybridized carbons (Fsp3) is 0.429. The van der Waals surface area contributed by atoms with Gasteiger partial charge >= 0.3 is 0 Å². The van der Waals surface area contributed by atoms with Crippen molar-refractivity contribution in [3.8, 4) is 11.5 Å². The van der Waals surface area contributed by atoms with Gasteiger partial charge in [0.05, 0.1) is 23.9 Å². The summed E-state index contributed by atoms with van der Waals surface area (Å²) in [4.78, 5) is 40.8. The van der Waals surface area contributed by atoms with Gasteiger partial charge in [0.15, 0.2) is 0 Å². The van der Waals surface area contributed by atoms with Crippen molar-refractivity contribution in [3.05, 3.63) is 93.3 Å². The molecule has 0 aliphatic heterocycles. The van der Waals surface area contributed by atoms with Gasteiger partial charge in [-0.2, -0.15) is 0 Å². The van der Waals surface area contributed by atoms with Gasteiger partial charge < -0.3 is 25.1 Å². The molecular weight excluding hydrogens is 624 g/mol. The van der Waals surface area contributed by atoms with E-state index in [0.717, 1.165) is 35.2 Å². The Morgan fingerprint density at radius 2 is 1.57 bits per heavy atom.